The molecule has 1 rings (SSSR count). The molecular formula is C5H11NO4S. The summed E-state index contributed by atoms with van der Waals surface area (Å²) in [4.78, 5) is 0. The van der Waals surface area contributed by atoms with E-state index in [1.54, 1.807) is 0 Å². The van der Waals surface area contributed by atoms with Gasteiger partial charge in [-0.15, -0.1) is 0 Å². The predicted molar refractivity (Wildman–Crippen MR) is 38.3 cm³/mol. The topological polar surface area (TPSA) is 75.6 Å². The van der Waals surface area contributed by atoms with Crippen molar-refractivity contribution in [2.75, 3.05) is 6.61 Å². The molecule has 1 aliphatic rings. The van der Waals surface area contributed by atoms with Crippen molar-refractivity contribution < 1.29 is 17.7 Å². The van der Waals surface area contributed by atoms with E-state index in [9.17, 15) is 8.42 Å². The van der Waals surface area contributed by atoms with Crippen molar-refractivity contribution in [2.24, 2.45) is 0 Å². The van der Waals surface area contributed by atoms with Crippen LogP contribution in [0.2, 0.25) is 0 Å². The van der Waals surface area contributed by atoms with E-state index in [0.29, 0.717) is 13.0 Å². The molecule has 6 heteroatoms. The Bertz CT molecular complexity index is 207. The number of rotatable bonds is 2. The Balaban J connectivity index is 2.36. The summed E-state index contributed by atoms with van der Waals surface area (Å²) in [6, 6.07) is 0. The van der Waals surface area contributed by atoms with Crippen molar-refractivity contribution in [3.63, 3.8) is 0 Å². The van der Waals surface area contributed by atoms with E-state index >= 15 is 0 Å². The maximum absolute atomic E-state index is 10.3. The normalized spacial score (nSPS) is 26.8. The van der Waals surface area contributed by atoms with Gasteiger partial charge in [-0.25, -0.2) is 0 Å². The molecule has 11 heavy (non-hydrogen) atoms. The summed E-state index contributed by atoms with van der Waals surface area (Å²) in [6.45, 7) is 0.549. The maximum Gasteiger partial charge on any atom is 0.335 e. The molecule has 2 N–H and O–H groups in total. The van der Waals surface area contributed by atoms with Crippen molar-refractivity contribution in [1.29, 1.82) is 0 Å². The van der Waals surface area contributed by atoms with Gasteiger partial charge in [0.15, 0.2) is 0 Å². The number of hydrogen-bond donors (Lipinski definition) is 2. The van der Waals surface area contributed by atoms with E-state index in [1.807, 2.05) is 4.72 Å². The molecule has 1 fully saturated rings. The van der Waals surface area contributed by atoms with Crippen LogP contribution in [0.5, 0.6) is 0 Å². The second-order valence-electron chi connectivity index (χ2n) is 2.45. The van der Waals surface area contributed by atoms with E-state index in [1.165, 1.54) is 0 Å². The van der Waals surface area contributed by atoms with Gasteiger partial charge >= 0.3 is 10.3 Å². The van der Waals surface area contributed by atoms with Crippen LogP contribution in [0.25, 0.3) is 0 Å². The Hall–Kier alpha value is -0.170. The number of ether oxygens (including phenoxy) is 1. The Morgan fingerprint density at radius 2 is 2.18 bits per heavy atom. The van der Waals surface area contributed by atoms with Crippen molar-refractivity contribution in [1.82, 2.24) is 4.72 Å². The summed E-state index contributed by atoms with van der Waals surface area (Å²) in [5.74, 6) is 0. The lowest BCUT2D eigenvalue weighted by Crippen LogP contribution is -2.38. The summed E-state index contributed by atoms with van der Waals surface area (Å²) in [6.07, 6.45) is 1.95. The average Bonchev–Trinajstić information content (AvgIpc) is 1.85. The molecule has 1 heterocycles. The van der Waals surface area contributed by atoms with Gasteiger partial charge < -0.3 is 4.74 Å². The largest absolute Gasteiger partial charge is 0.362 e. The molecule has 0 aliphatic carbocycles. The summed E-state index contributed by atoms with van der Waals surface area (Å²) in [5, 5.41) is 0. The SMILES string of the molecule is O=S(=O)(O)NC1CCCCO1. The molecule has 0 radical (unpaired) electrons. The zero-order valence-corrected chi connectivity index (χ0v) is 6.80. The van der Waals surface area contributed by atoms with Gasteiger partial charge in [0, 0.05) is 6.61 Å². The van der Waals surface area contributed by atoms with Crippen LogP contribution < -0.4 is 4.72 Å². The van der Waals surface area contributed by atoms with Gasteiger partial charge in [0.1, 0.15) is 6.23 Å². The summed E-state index contributed by atoms with van der Waals surface area (Å²) >= 11 is 0. The summed E-state index contributed by atoms with van der Waals surface area (Å²) < 4.78 is 35.8. The highest BCUT2D eigenvalue weighted by Gasteiger charge is 2.17. The van der Waals surface area contributed by atoms with Gasteiger partial charge in [0.2, 0.25) is 0 Å². The first kappa shape index (κ1) is 8.92. The number of nitrogens with one attached hydrogen (secondary N) is 1. The van der Waals surface area contributed by atoms with Gasteiger partial charge in [0.05, 0.1) is 0 Å². The summed E-state index contributed by atoms with van der Waals surface area (Å²) in [7, 11) is -4.10. The molecule has 0 bridgehead atoms. The second kappa shape index (κ2) is 3.48. The van der Waals surface area contributed by atoms with E-state index < -0.39 is 16.5 Å². The van der Waals surface area contributed by atoms with E-state index in [2.05, 4.69) is 0 Å². The van der Waals surface area contributed by atoms with Crippen molar-refractivity contribution in [3.05, 3.63) is 0 Å². The highest BCUT2D eigenvalue weighted by molar-refractivity contribution is 7.83. The van der Waals surface area contributed by atoms with Gasteiger partial charge in [-0.05, 0) is 19.3 Å². The Morgan fingerprint density at radius 3 is 2.64 bits per heavy atom. The molecule has 1 saturated heterocycles. The molecule has 0 aromatic heterocycles. The minimum absolute atomic E-state index is 0.543. The Labute approximate surface area is 65.6 Å². The molecule has 5 nitrogen and oxygen atoms in total. The van der Waals surface area contributed by atoms with Gasteiger partial charge in [-0.3, -0.25) is 4.55 Å². The quantitative estimate of drug-likeness (QED) is 0.583. The molecule has 1 aliphatic heterocycles. The minimum Gasteiger partial charge on any atom is -0.362 e. The Kier molecular flexibility index (Phi) is 2.83. The van der Waals surface area contributed by atoms with Crippen molar-refractivity contribution >= 4 is 10.3 Å². The molecule has 0 amide bonds. The fourth-order valence-corrected chi connectivity index (χ4v) is 1.52. The average molecular weight is 181 g/mol. The zero-order valence-electron chi connectivity index (χ0n) is 5.99. The molecule has 0 aromatic carbocycles. The van der Waals surface area contributed by atoms with Gasteiger partial charge in [0.25, 0.3) is 0 Å². The highest BCUT2D eigenvalue weighted by Crippen LogP contribution is 2.10. The highest BCUT2D eigenvalue weighted by atomic mass is 32.2. The molecular weight excluding hydrogens is 170 g/mol. The summed E-state index contributed by atoms with van der Waals surface area (Å²) in [5.41, 5.74) is 0. The molecule has 0 spiro atoms. The number of hydrogen-bond acceptors (Lipinski definition) is 3. The smallest absolute Gasteiger partial charge is 0.335 e. The zero-order chi connectivity index (χ0) is 8.32. The third-order valence-electron chi connectivity index (χ3n) is 1.46. The van der Waals surface area contributed by atoms with Crippen LogP contribution in [0.1, 0.15) is 19.3 Å². The van der Waals surface area contributed by atoms with Crippen molar-refractivity contribution in [2.45, 2.75) is 25.5 Å². The molecule has 1 unspecified atom stereocenters. The first-order chi connectivity index (χ1) is 5.08. The Morgan fingerprint density at radius 1 is 1.45 bits per heavy atom. The first-order valence-electron chi connectivity index (χ1n) is 3.44. The molecule has 0 aromatic rings. The van der Waals surface area contributed by atoms with Crippen LogP contribution in [0.15, 0.2) is 0 Å². The van der Waals surface area contributed by atoms with Crippen LogP contribution >= 0.6 is 0 Å². The second-order valence-corrected chi connectivity index (χ2v) is 3.63. The predicted octanol–water partition coefficient (Wildman–Crippen LogP) is -0.0946. The minimum atomic E-state index is -4.10. The fourth-order valence-electron chi connectivity index (χ4n) is 1.000. The lowest BCUT2D eigenvalue weighted by atomic mass is 10.2. The van der Waals surface area contributed by atoms with Crippen LogP contribution in [-0.2, 0) is 15.0 Å². The lowest BCUT2D eigenvalue weighted by molar-refractivity contribution is 0.00822. The van der Waals surface area contributed by atoms with Crippen molar-refractivity contribution in [3.8, 4) is 0 Å². The lowest BCUT2D eigenvalue weighted by Gasteiger charge is -2.21. The molecule has 0 saturated carbocycles. The van der Waals surface area contributed by atoms with E-state index in [-0.39, 0.29) is 0 Å². The van der Waals surface area contributed by atoms with Crippen LogP contribution in [-0.4, -0.2) is 25.8 Å². The van der Waals surface area contributed by atoms with Gasteiger partial charge in [-0.2, -0.15) is 13.1 Å². The third kappa shape index (κ3) is 3.66. The van der Waals surface area contributed by atoms with Crippen LogP contribution in [0, 0.1) is 0 Å². The molecule has 1 atom stereocenters. The van der Waals surface area contributed by atoms with Crippen LogP contribution in [0.4, 0.5) is 0 Å². The fraction of sp³-hybridized carbons (Fsp3) is 1.00. The third-order valence-corrected chi connectivity index (χ3v) is 2.02. The first-order valence-corrected chi connectivity index (χ1v) is 4.88. The van der Waals surface area contributed by atoms with E-state index in [4.69, 9.17) is 9.29 Å². The van der Waals surface area contributed by atoms with E-state index in [0.717, 1.165) is 12.8 Å². The van der Waals surface area contributed by atoms with Gasteiger partial charge in [-0.1, -0.05) is 0 Å². The standard InChI is InChI=1S/C5H11NO4S/c7-11(8,9)6-5-3-1-2-4-10-5/h5-6H,1-4H2,(H,7,8,9). The maximum atomic E-state index is 10.3. The monoisotopic (exact) mass is 181 g/mol. The van der Waals surface area contributed by atoms with Crippen LogP contribution in [0.3, 0.4) is 0 Å². The molecule has 66 valence electrons.